The standard InChI is InChI=1S/C24H32N2OS/c1-17(2)28-23-8-6-5-7-22(23)24(27)25-19(4)20-9-11-21(12-10-20)26-15-13-18(3)14-16-26/h5-12,17-19H,13-16H2,1-4H3,(H,25,27). The number of hydrogen-bond donors (Lipinski definition) is 1. The second-order valence-corrected chi connectivity index (χ2v) is 9.74. The van der Waals surface area contributed by atoms with Gasteiger partial charge < -0.3 is 10.2 Å². The Morgan fingerprint density at radius 2 is 1.68 bits per heavy atom. The molecule has 3 rings (SSSR count). The average molecular weight is 397 g/mol. The van der Waals surface area contributed by atoms with Gasteiger partial charge in [0.15, 0.2) is 0 Å². The Bertz CT molecular complexity index is 779. The zero-order valence-corrected chi connectivity index (χ0v) is 18.3. The van der Waals surface area contributed by atoms with E-state index in [1.165, 1.54) is 18.5 Å². The van der Waals surface area contributed by atoms with Gasteiger partial charge in [-0.25, -0.2) is 0 Å². The van der Waals surface area contributed by atoms with Crippen molar-refractivity contribution in [2.75, 3.05) is 18.0 Å². The number of benzene rings is 2. The second kappa shape index (κ2) is 9.51. The summed E-state index contributed by atoms with van der Waals surface area (Å²) in [4.78, 5) is 16.3. The summed E-state index contributed by atoms with van der Waals surface area (Å²) in [6.45, 7) is 10.9. The smallest absolute Gasteiger partial charge is 0.252 e. The Balaban J connectivity index is 1.65. The van der Waals surface area contributed by atoms with Crippen molar-refractivity contribution in [3.63, 3.8) is 0 Å². The number of carbonyl (C=O) groups is 1. The summed E-state index contributed by atoms with van der Waals surface area (Å²) in [7, 11) is 0. The molecule has 1 atom stereocenters. The van der Waals surface area contributed by atoms with Crippen LogP contribution >= 0.6 is 11.8 Å². The molecule has 0 aliphatic carbocycles. The van der Waals surface area contributed by atoms with Gasteiger partial charge in [0.25, 0.3) is 5.91 Å². The van der Waals surface area contributed by atoms with Gasteiger partial charge in [0.1, 0.15) is 0 Å². The highest BCUT2D eigenvalue weighted by Crippen LogP contribution is 2.28. The number of nitrogens with one attached hydrogen (secondary N) is 1. The van der Waals surface area contributed by atoms with Gasteiger partial charge in [0, 0.05) is 28.9 Å². The third-order valence-electron chi connectivity index (χ3n) is 5.38. The van der Waals surface area contributed by atoms with E-state index in [2.05, 4.69) is 55.3 Å². The first-order chi connectivity index (χ1) is 13.4. The molecule has 3 nitrogen and oxygen atoms in total. The van der Waals surface area contributed by atoms with Crippen LogP contribution in [0.1, 0.15) is 62.5 Å². The lowest BCUT2D eigenvalue weighted by atomic mass is 9.98. The molecule has 2 aromatic rings. The van der Waals surface area contributed by atoms with E-state index in [1.807, 2.05) is 31.2 Å². The lowest BCUT2D eigenvalue weighted by molar-refractivity contribution is 0.0937. The zero-order valence-electron chi connectivity index (χ0n) is 17.4. The molecular weight excluding hydrogens is 364 g/mol. The fraction of sp³-hybridized carbons (Fsp3) is 0.458. The summed E-state index contributed by atoms with van der Waals surface area (Å²) >= 11 is 1.73. The van der Waals surface area contributed by atoms with E-state index in [9.17, 15) is 4.79 Å². The van der Waals surface area contributed by atoms with Crippen LogP contribution in [0.4, 0.5) is 5.69 Å². The molecule has 1 unspecified atom stereocenters. The molecule has 1 fully saturated rings. The summed E-state index contributed by atoms with van der Waals surface area (Å²) < 4.78 is 0. The van der Waals surface area contributed by atoms with Crippen LogP contribution in [-0.4, -0.2) is 24.2 Å². The van der Waals surface area contributed by atoms with Crippen LogP contribution in [-0.2, 0) is 0 Å². The van der Waals surface area contributed by atoms with Crippen molar-refractivity contribution >= 4 is 23.4 Å². The molecule has 150 valence electrons. The Morgan fingerprint density at radius 3 is 2.32 bits per heavy atom. The van der Waals surface area contributed by atoms with Crippen LogP contribution in [0.3, 0.4) is 0 Å². The maximum absolute atomic E-state index is 12.8. The minimum Gasteiger partial charge on any atom is -0.372 e. The van der Waals surface area contributed by atoms with Crippen LogP contribution < -0.4 is 10.2 Å². The highest BCUT2D eigenvalue weighted by Gasteiger charge is 2.18. The number of amides is 1. The van der Waals surface area contributed by atoms with Gasteiger partial charge in [0.2, 0.25) is 0 Å². The fourth-order valence-electron chi connectivity index (χ4n) is 3.61. The van der Waals surface area contributed by atoms with E-state index in [4.69, 9.17) is 0 Å². The molecule has 1 N–H and O–H groups in total. The third-order valence-corrected chi connectivity index (χ3v) is 6.47. The van der Waals surface area contributed by atoms with E-state index < -0.39 is 0 Å². The number of piperidine rings is 1. The van der Waals surface area contributed by atoms with E-state index >= 15 is 0 Å². The number of hydrogen-bond acceptors (Lipinski definition) is 3. The molecule has 4 heteroatoms. The SMILES string of the molecule is CC1CCN(c2ccc(C(C)NC(=O)c3ccccc3SC(C)C)cc2)CC1. The number of nitrogens with zero attached hydrogens (tertiary/aromatic N) is 1. The monoisotopic (exact) mass is 396 g/mol. The summed E-state index contributed by atoms with van der Waals surface area (Å²) in [6.07, 6.45) is 2.53. The molecule has 1 aliphatic rings. The topological polar surface area (TPSA) is 32.3 Å². The van der Waals surface area contributed by atoms with Crippen molar-refractivity contribution in [3.8, 4) is 0 Å². The lowest BCUT2D eigenvalue weighted by Crippen LogP contribution is -2.32. The van der Waals surface area contributed by atoms with Crippen molar-refractivity contribution in [2.24, 2.45) is 5.92 Å². The van der Waals surface area contributed by atoms with Crippen LogP contribution in [0.25, 0.3) is 0 Å². The average Bonchev–Trinajstić information content (AvgIpc) is 2.68. The first-order valence-electron chi connectivity index (χ1n) is 10.4. The second-order valence-electron chi connectivity index (χ2n) is 8.12. The molecule has 28 heavy (non-hydrogen) atoms. The summed E-state index contributed by atoms with van der Waals surface area (Å²) in [5.74, 6) is 0.827. The number of thioether (sulfide) groups is 1. The largest absolute Gasteiger partial charge is 0.372 e. The number of carbonyl (C=O) groups excluding carboxylic acids is 1. The highest BCUT2D eigenvalue weighted by atomic mass is 32.2. The first kappa shape index (κ1) is 20.8. The van der Waals surface area contributed by atoms with Crippen molar-refractivity contribution in [1.82, 2.24) is 5.32 Å². The minimum atomic E-state index is -0.0277. The van der Waals surface area contributed by atoms with E-state index in [0.717, 1.165) is 35.0 Å². The molecule has 1 aliphatic heterocycles. The lowest BCUT2D eigenvalue weighted by Gasteiger charge is -2.32. The van der Waals surface area contributed by atoms with Crippen LogP contribution in [0, 0.1) is 5.92 Å². The Kier molecular flexibility index (Phi) is 7.06. The summed E-state index contributed by atoms with van der Waals surface area (Å²) in [5, 5.41) is 3.61. The fourth-order valence-corrected chi connectivity index (χ4v) is 4.56. The Hall–Kier alpha value is -1.94. The molecule has 0 aromatic heterocycles. The first-order valence-corrected chi connectivity index (χ1v) is 11.2. The molecule has 0 radical (unpaired) electrons. The van der Waals surface area contributed by atoms with E-state index in [1.54, 1.807) is 11.8 Å². The molecule has 0 spiro atoms. The molecule has 1 amide bonds. The van der Waals surface area contributed by atoms with Crippen LogP contribution in [0.2, 0.25) is 0 Å². The van der Waals surface area contributed by atoms with Gasteiger partial charge in [-0.05, 0) is 55.5 Å². The van der Waals surface area contributed by atoms with Crippen molar-refractivity contribution < 1.29 is 4.79 Å². The van der Waals surface area contributed by atoms with E-state index in [0.29, 0.717) is 5.25 Å². The maximum atomic E-state index is 12.8. The van der Waals surface area contributed by atoms with Crippen LogP contribution in [0.15, 0.2) is 53.4 Å². The molecule has 1 heterocycles. The number of rotatable bonds is 6. The van der Waals surface area contributed by atoms with Crippen molar-refractivity contribution in [3.05, 3.63) is 59.7 Å². The maximum Gasteiger partial charge on any atom is 0.252 e. The molecule has 2 aromatic carbocycles. The van der Waals surface area contributed by atoms with Gasteiger partial charge in [-0.1, -0.05) is 45.0 Å². The molecule has 0 saturated carbocycles. The van der Waals surface area contributed by atoms with Crippen molar-refractivity contribution in [1.29, 1.82) is 0 Å². The summed E-state index contributed by atoms with van der Waals surface area (Å²) in [6, 6.07) is 16.5. The zero-order chi connectivity index (χ0) is 20.1. The number of anilines is 1. The Labute approximate surface area is 173 Å². The van der Waals surface area contributed by atoms with Crippen LogP contribution in [0.5, 0.6) is 0 Å². The quantitative estimate of drug-likeness (QED) is 0.616. The predicted octanol–water partition coefficient (Wildman–Crippen LogP) is 5.91. The normalized spacial score (nSPS) is 16.2. The van der Waals surface area contributed by atoms with Gasteiger partial charge >= 0.3 is 0 Å². The minimum absolute atomic E-state index is 0.00894. The summed E-state index contributed by atoms with van der Waals surface area (Å²) in [5.41, 5.74) is 3.18. The highest BCUT2D eigenvalue weighted by molar-refractivity contribution is 8.00. The van der Waals surface area contributed by atoms with Gasteiger partial charge in [-0.3, -0.25) is 4.79 Å². The molecule has 0 bridgehead atoms. The van der Waals surface area contributed by atoms with E-state index in [-0.39, 0.29) is 11.9 Å². The van der Waals surface area contributed by atoms with Gasteiger partial charge in [0.05, 0.1) is 11.6 Å². The molecular formula is C24H32N2OS. The predicted molar refractivity (Wildman–Crippen MR) is 120 cm³/mol. The Morgan fingerprint density at radius 1 is 1.04 bits per heavy atom. The van der Waals surface area contributed by atoms with Crippen molar-refractivity contribution in [2.45, 2.75) is 56.7 Å². The third kappa shape index (κ3) is 5.32. The molecule has 1 saturated heterocycles. The van der Waals surface area contributed by atoms with Gasteiger partial charge in [-0.15, -0.1) is 11.8 Å². The van der Waals surface area contributed by atoms with Gasteiger partial charge in [-0.2, -0.15) is 0 Å².